The van der Waals surface area contributed by atoms with Gasteiger partial charge in [-0.05, 0) is 108 Å². The highest BCUT2D eigenvalue weighted by Crippen LogP contribution is 2.42. The van der Waals surface area contributed by atoms with Crippen molar-refractivity contribution in [3.63, 3.8) is 0 Å². The lowest BCUT2D eigenvalue weighted by atomic mass is 9.97. The third kappa shape index (κ3) is 8.61. The Hall–Kier alpha value is -7.33. The van der Waals surface area contributed by atoms with Crippen molar-refractivity contribution >= 4 is 46.4 Å². The fourth-order valence-corrected chi connectivity index (χ4v) is 9.51. The van der Waals surface area contributed by atoms with Gasteiger partial charge in [-0.15, -0.1) is 0 Å². The van der Waals surface area contributed by atoms with Crippen molar-refractivity contribution in [1.82, 2.24) is 34.9 Å². The third-order valence-corrected chi connectivity index (χ3v) is 13.0. The minimum atomic E-state index is -1.82. The molecule has 4 aliphatic rings. The summed E-state index contributed by atoms with van der Waals surface area (Å²) in [6.07, 6.45) is 1.75. The number of aromatic amines is 2. The first-order valence-corrected chi connectivity index (χ1v) is 22.9. The Morgan fingerprint density at radius 3 is 1.39 bits per heavy atom. The molecule has 18 heteroatoms. The second-order valence-corrected chi connectivity index (χ2v) is 17.3. The number of hydrogen-bond acceptors (Lipinski definition) is 16. The Balaban J connectivity index is 1.08. The lowest BCUT2D eigenvalue weighted by molar-refractivity contribution is -0.352. The van der Waals surface area contributed by atoms with Gasteiger partial charge in [0.2, 0.25) is 6.29 Å². The van der Waals surface area contributed by atoms with Crippen molar-refractivity contribution in [2.24, 2.45) is 0 Å². The van der Waals surface area contributed by atoms with Gasteiger partial charge in [0, 0.05) is 87.1 Å². The highest BCUT2D eigenvalue weighted by atomic mass is 16.7. The summed E-state index contributed by atoms with van der Waals surface area (Å²) >= 11 is 0. The average molecular weight is 958 g/mol. The number of nitrogens with one attached hydrogen (secondary N) is 2. The van der Waals surface area contributed by atoms with E-state index in [2.05, 4.69) is 24.9 Å². The number of H-pyrrole nitrogens is 2. The van der Waals surface area contributed by atoms with Crippen molar-refractivity contribution in [1.29, 1.82) is 0 Å². The molecule has 11 rings (SSSR count). The van der Waals surface area contributed by atoms with E-state index in [4.69, 9.17) is 28.9 Å². The lowest BCUT2D eigenvalue weighted by Gasteiger charge is -2.45. The van der Waals surface area contributed by atoms with Crippen molar-refractivity contribution in [2.75, 3.05) is 13.2 Å². The maximum Gasteiger partial charge on any atom is 0.229 e. The molecule has 18 nitrogen and oxygen atoms in total. The monoisotopic (exact) mass is 957 g/mol. The number of para-hydroxylation sites is 1. The maximum atomic E-state index is 11.6. The zero-order valence-electron chi connectivity index (χ0n) is 37.5. The van der Waals surface area contributed by atoms with E-state index in [1.165, 1.54) is 0 Å². The molecule has 71 heavy (non-hydrogen) atoms. The summed E-state index contributed by atoms with van der Waals surface area (Å²) in [6.45, 7) is -1.47. The fraction of sp³-hybridized carbons (Fsp3) is 0.226. The smallest absolute Gasteiger partial charge is 0.229 e. The van der Waals surface area contributed by atoms with Crippen LogP contribution in [0.25, 0.3) is 90.9 Å². The van der Waals surface area contributed by atoms with Crippen LogP contribution < -0.4 is 4.74 Å². The molecule has 7 aromatic rings. The molecule has 10 heterocycles. The minimum Gasteiger partial charge on any atom is -0.461 e. The summed E-state index contributed by atoms with van der Waals surface area (Å²) in [7, 11) is 0. The number of fused-ring (bicyclic) bond motifs is 8. The molecule has 360 valence electrons. The number of rotatable bonds is 10. The van der Waals surface area contributed by atoms with Crippen LogP contribution in [0.3, 0.4) is 0 Å². The summed E-state index contributed by atoms with van der Waals surface area (Å²) in [5, 5.41) is 74.7. The van der Waals surface area contributed by atoms with Gasteiger partial charge in [0.05, 0.1) is 36.0 Å². The zero-order chi connectivity index (χ0) is 48.8. The lowest BCUT2D eigenvalue weighted by Crippen LogP contribution is -2.65. The Kier molecular flexibility index (Phi) is 12.6. The van der Waals surface area contributed by atoms with E-state index in [1.807, 2.05) is 97.1 Å². The molecule has 1 aromatic carbocycles. The Labute approximate surface area is 404 Å². The normalized spacial score (nSPS) is 25.1. The van der Waals surface area contributed by atoms with Crippen LogP contribution in [0, 0.1) is 0 Å². The van der Waals surface area contributed by atoms with Crippen LogP contribution in [-0.2, 0) is 14.2 Å². The summed E-state index contributed by atoms with van der Waals surface area (Å²) in [5.41, 5.74) is 11.8. The van der Waals surface area contributed by atoms with E-state index >= 15 is 0 Å². The van der Waals surface area contributed by atoms with Gasteiger partial charge in [0.1, 0.15) is 54.6 Å². The summed E-state index contributed by atoms with van der Waals surface area (Å²) < 4.78 is 23.9. The van der Waals surface area contributed by atoms with Crippen LogP contribution in [0.5, 0.6) is 5.75 Å². The average Bonchev–Trinajstić information content (AvgIpc) is 4.26. The van der Waals surface area contributed by atoms with Crippen LogP contribution >= 0.6 is 0 Å². The molecular weight excluding hydrogens is 911 g/mol. The zero-order valence-corrected chi connectivity index (χ0v) is 37.5. The summed E-state index contributed by atoms with van der Waals surface area (Å²) in [6, 6.07) is 26.8. The first-order valence-electron chi connectivity index (χ1n) is 22.9. The molecule has 2 fully saturated rings. The first-order chi connectivity index (χ1) is 34.7. The second-order valence-electron chi connectivity index (χ2n) is 17.3. The highest BCUT2D eigenvalue weighted by molar-refractivity contribution is 6.00. The molecule has 0 radical (unpaired) electrons. The topological polar surface area (TPSA) is 275 Å². The standard InChI is InChI=1S/C53H47N7O11/c61-25-40-46(63)47(64)49(66)53(69-40)71-51-41(26-62)70-52(50(67)48(51)65)68-39-4-2-1-3-30(39)45-37-11-9-35(59-37)43(28-15-21-55-22-16-28)33-7-5-31(57-33)42(27-13-19-54-20-14-27)32-6-8-34(58-32)44(29-17-23-56-24-18-29)36-10-12-38(45)60-36/h1-24,40-41,46-53,57-58,61-67H,25-26H2/t40-,41-,46-,47+,48-,49-,50-,51-,52-,53-/m1/s1. The molecule has 0 aliphatic carbocycles. The van der Waals surface area contributed by atoms with Crippen LogP contribution in [0.2, 0.25) is 0 Å². The predicted molar refractivity (Wildman–Crippen MR) is 261 cm³/mol. The van der Waals surface area contributed by atoms with E-state index in [1.54, 1.807) is 49.3 Å². The number of pyridine rings is 3. The molecule has 0 saturated carbocycles. The highest BCUT2D eigenvalue weighted by Gasteiger charge is 2.51. The molecule has 10 atom stereocenters. The Bertz CT molecular complexity index is 3160. The quantitative estimate of drug-likeness (QED) is 0.0912. The van der Waals surface area contributed by atoms with Crippen molar-refractivity contribution < 1.29 is 54.7 Å². The molecule has 8 bridgehead atoms. The van der Waals surface area contributed by atoms with Crippen LogP contribution in [0.15, 0.2) is 122 Å². The molecule has 0 spiro atoms. The van der Waals surface area contributed by atoms with E-state index in [0.717, 1.165) is 55.4 Å². The Morgan fingerprint density at radius 1 is 0.451 bits per heavy atom. The number of ether oxygens (including phenoxy) is 4. The largest absolute Gasteiger partial charge is 0.461 e. The van der Waals surface area contributed by atoms with E-state index in [0.29, 0.717) is 33.9 Å². The number of nitrogens with zero attached hydrogens (tertiary/aromatic N) is 5. The summed E-state index contributed by atoms with van der Waals surface area (Å²) in [4.78, 5) is 31.0. The number of aliphatic hydroxyl groups is 7. The van der Waals surface area contributed by atoms with E-state index < -0.39 is 74.6 Å². The molecule has 0 amide bonds. The van der Waals surface area contributed by atoms with Crippen molar-refractivity contribution in [3.8, 4) is 50.3 Å². The number of aromatic nitrogens is 7. The number of aliphatic hydroxyl groups excluding tert-OH is 7. The number of benzene rings is 1. The van der Waals surface area contributed by atoms with Gasteiger partial charge in [0.25, 0.3) is 0 Å². The molecule has 4 aliphatic heterocycles. The molecule has 6 aromatic heterocycles. The van der Waals surface area contributed by atoms with Crippen LogP contribution in [-0.4, -0.2) is 145 Å². The predicted octanol–water partition coefficient (Wildman–Crippen LogP) is 4.51. The minimum absolute atomic E-state index is 0.200. The van der Waals surface area contributed by atoms with E-state index in [-0.39, 0.29) is 5.75 Å². The van der Waals surface area contributed by atoms with Gasteiger partial charge < -0.3 is 64.7 Å². The van der Waals surface area contributed by atoms with Crippen molar-refractivity contribution in [3.05, 3.63) is 145 Å². The Morgan fingerprint density at radius 2 is 0.887 bits per heavy atom. The van der Waals surface area contributed by atoms with Gasteiger partial charge in [-0.25, -0.2) is 9.97 Å². The molecule has 0 unspecified atom stereocenters. The van der Waals surface area contributed by atoms with Gasteiger partial charge in [0.15, 0.2) is 6.29 Å². The SMILES string of the molecule is OC[C@H]1O[C@H](O[C@H]2[C@H](O)[C@@H](O)[C@H](Oc3ccccc3-c3c4nc(c(-c5ccncc5)c5ccc([nH]5)c(-c5ccncc5)c5ccc([nH]5)c(-c5ccncc5)c5nc3C=C5)C=C4)O[C@@H]2CO)[C@H](O)[C@@H](O)[C@@H]1O. The van der Waals surface area contributed by atoms with Gasteiger partial charge in [-0.3, -0.25) is 15.0 Å². The molecule has 9 N–H and O–H groups in total. The van der Waals surface area contributed by atoms with Crippen molar-refractivity contribution in [2.45, 2.75) is 61.4 Å². The van der Waals surface area contributed by atoms with Crippen LogP contribution in [0.1, 0.15) is 22.8 Å². The number of hydrogen-bond donors (Lipinski definition) is 9. The van der Waals surface area contributed by atoms with Gasteiger partial charge >= 0.3 is 0 Å². The fourth-order valence-electron chi connectivity index (χ4n) is 9.51. The van der Waals surface area contributed by atoms with Gasteiger partial charge in [-0.2, -0.15) is 0 Å². The maximum absolute atomic E-state index is 11.6. The van der Waals surface area contributed by atoms with E-state index in [9.17, 15) is 35.7 Å². The van der Waals surface area contributed by atoms with Gasteiger partial charge in [-0.1, -0.05) is 18.2 Å². The van der Waals surface area contributed by atoms with Crippen LogP contribution in [0.4, 0.5) is 0 Å². The molecule has 2 saturated heterocycles. The molecular formula is C53H47N7O11. The third-order valence-electron chi connectivity index (χ3n) is 13.0. The second kappa shape index (κ2) is 19.5. The summed E-state index contributed by atoms with van der Waals surface area (Å²) in [5.74, 6) is 0.200. The first kappa shape index (κ1) is 46.1.